The van der Waals surface area contributed by atoms with E-state index in [1.54, 1.807) is 6.92 Å². The van der Waals surface area contributed by atoms with Gasteiger partial charge >= 0.3 is 12.1 Å². The van der Waals surface area contributed by atoms with Gasteiger partial charge in [-0.3, -0.25) is 4.79 Å². The molecule has 3 atom stereocenters. The number of carboxylic acids is 1. The number of carboxylic acid groups (broad SMARTS) is 1. The van der Waals surface area contributed by atoms with Crippen molar-refractivity contribution in [3.05, 3.63) is 59.7 Å². The Labute approximate surface area is 193 Å². The number of rotatable bonds is 8. The zero-order valence-corrected chi connectivity index (χ0v) is 18.8. The van der Waals surface area contributed by atoms with Crippen LogP contribution in [-0.2, 0) is 14.3 Å². The molecule has 0 spiro atoms. The van der Waals surface area contributed by atoms with E-state index in [9.17, 15) is 14.4 Å². The number of aliphatic carboxylic acids is 1. The third-order valence-electron chi connectivity index (χ3n) is 6.72. The molecule has 0 radical (unpaired) electrons. The molecule has 33 heavy (non-hydrogen) atoms. The van der Waals surface area contributed by atoms with E-state index in [0.717, 1.165) is 12.8 Å². The quantitative estimate of drug-likeness (QED) is 0.563. The third kappa shape index (κ3) is 5.18. The first kappa shape index (κ1) is 22.8. The SMILES string of the molecule is CCC(NC(=O)C[C@H]1CC[C@@H](NC(=O)OCC2c3ccccc3-c3ccccc32)C1)C(=O)O. The van der Waals surface area contributed by atoms with Crippen LogP contribution in [0.5, 0.6) is 0 Å². The highest BCUT2D eigenvalue weighted by atomic mass is 16.5. The summed E-state index contributed by atoms with van der Waals surface area (Å²) in [4.78, 5) is 35.7. The van der Waals surface area contributed by atoms with Crippen molar-refractivity contribution in [2.45, 2.75) is 57.0 Å². The summed E-state index contributed by atoms with van der Waals surface area (Å²) in [6.07, 6.45) is 2.44. The van der Waals surface area contributed by atoms with Gasteiger partial charge in [-0.05, 0) is 53.9 Å². The van der Waals surface area contributed by atoms with Crippen molar-refractivity contribution < 1.29 is 24.2 Å². The zero-order valence-electron chi connectivity index (χ0n) is 18.8. The molecule has 0 saturated heterocycles. The predicted molar refractivity (Wildman–Crippen MR) is 124 cm³/mol. The number of fused-ring (bicyclic) bond motifs is 3. The van der Waals surface area contributed by atoms with Gasteiger partial charge in [-0.25, -0.2) is 9.59 Å². The number of carbonyl (C=O) groups is 3. The third-order valence-corrected chi connectivity index (χ3v) is 6.72. The van der Waals surface area contributed by atoms with Crippen LogP contribution in [0.25, 0.3) is 11.1 Å². The number of carbonyl (C=O) groups excluding carboxylic acids is 2. The lowest BCUT2D eigenvalue weighted by molar-refractivity contribution is -0.142. The van der Waals surface area contributed by atoms with Crippen molar-refractivity contribution in [2.75, 3.05) is 6.61 Å². The first-order valence-electron chi connectivity index (χ1n) is 11.6. The van der Waals surface area contributed by atoms with E-state index in [2.05, 4.69) is 34.9 Å². The Balaban J connectivity index is 1.26. The van der Waals surface area contributed by atoms with Crippen LogP contribution in [0.3, 0.4) is 0 Å². The maximum Gasteiger partial charge on any atom is 0.407 e. The first-order valence-corrected chi connectivity index (χ1v) is 11.6. The van der Waals surface area contributed by atoms with Gasteiger partial charge in [0.2, 0.25) is 5.91 Å². The maximum absolute atomic E-state index is 12.5. The fourth-order valence-electron chi connectivity index (χ4n) is 5.05. The molecule has 1 fully saturated rings. The van der Waals surface area contributed by atoms with E-state index < -0.39 is 18.1 Å². The van der Waals surface area contributed by atoms with Gasteiger partial charge in [0.05, 0.1) is 0 Å². The molecule has 0 aromatic heterocycles. The minimum atomic E-state index is -1.02. The molecule has 0 heterocycles. The van der Waals surface area contributed by atoms with E-state index in [1.165, 1.54) is 22.3 Å². The van der Waals surface area contributed by atoms with Crippen LogP contribution in [-0.4, -0.2) is 41.8 Å². The van der Waals surface area contributed by atoms with E-state index in [1.807, 2.05) is 24.3 Å². The maximum atomic E-state index is 12.5. The largest absolute Gasteiger partial charge is 0.480 e. The van der Waals surface area contributed by atoms with Crippen molar-refractivity contribution in [1.82, 2.24) is 10.6 Å². The molecule has 4 rings (SSSR count). The van der Waals surface area contributed by atoms with Crippen LogP contribution >= 0.6 is 0 Å². The lowest BCUT2D eigenvalue weighted by atomic mass is 9.98. The summed E-state index contributed by atoms with van der Waals surface area (Å²) in [5, 5.41) is 14.6. The van der Waals surface area contributed by atoms with Crippen LogP contribution in [0.2, 0.25) is 0 Å². The highest BCUT2D eigenvalue weighted by Crippen LogP contribution is 2.44. The molecule has 7 nitrogen and oxygen atoms in total. The van der Waals surface area contributed by atoms with Gasteiger partial charge in [0.1, 0.15) is 12.6 Å². The second-order valence-electron chi connectivity index (χ2n) is 8.92. The second-order valence-corrected chi connectivity index (χ2v) is 8.92. The number of ether oxygens (including phenoxy) is 1. The molecule has 2 aliphatic carbocycles. The Kier molecular flexibility index (Phi) is 6.96. The van der Waals surface area contributed by atoms with Crippen molar-refractivity contribution in [2.24, 2.45) is 5.92 Å². The monoisotopic (exact) mass is 450 g/mol. The number of hydrogen-bond donors (Lipinski definition) is 3. The van der Waals surface area contributed by atoms with Crippen LogP contribution in [0, 0.1) is 5.92 Å². The molecule has 1 unspecified atom stereocenters. The van der Waals surface area contributed by atoms with E-state index in [0.29, 0.717) is 12.8 Å². The minimum absolute atomic E-state index is 0.0175. The molecule has 2 amide bonds. The van der Waals surface area contributed by atoms with Crippen LogP contribution in [0.4, 0.5) is 4.79 Å². The van der Waals surface area contributed by atoms with Crippen LogP contribution in [0.15, 0.2) is 48.5 Å². The molecule has 1 saturated carbocycles. The van der Waals surface area contributed by atoms with Gasteiger partial charge in [-0.2, -0.15) is 0 Å². The van der Waals surface area contributed by atoms with Crippen molar-refractivity contribution in [3.8, 4) is 11.1 Å². The fourth-order valence-corrected chi connectivity index (χ4v) is 5.05. The number of benzene rings is 2. The average molecular weight is 451 g/mol. The summed E-state index contributed by atoms with van der Waals surface area (Å²) in [7, 11) is 0. The lowest BCUT2D eigenvalue weighted by Crippen LogP contribution is -2.40. The fraction of sp³-hybridized carbons (Fsp3) is 0.423. The number of amides is 2. The topological polar surface area (TPSA) is 105 Å². The van der Waals surface area contributed by atoms with Gasteiger partial charge in [-0.1, -0.05) is 55.5 Å². The van der Waals surface area contributed by atoms with Gasteiger partial charge in [0.15, 0.2) is 0 Å². The van der Waals surface area contributed by atoms with Crippen LogP contribution in [0.1, 0.15) is 56.1 Å². The second kappa shape index (κ2) is 10.1. The highest BCUT2D eigenvalue weighted by molar-refractivity contribution is 5.83. The van der Waals surface area contributed by atoms with Crippen molar-refractivity contribution in [1.29, 1.82) is 0 Å². The molecule has 2 aromatic carbocycles. The zero-order chi connectivity index (χ0) is 23.4. The Morgan fingerprint density at radius 2 is 1.67 bits per heavy atom. The number of hydrogen-bond acceptors (Lipinski definition) is 4. The summed E-state index contributed by atoms with van der Waals surface area (Å²) in [5.41, 5.74) is 4.72. The summed E-state index contributed by atoms with van der Waals surface area (Å²) in [5.74, 6) is -1.14. The molecular formula is C26H30N2O5. The Morgan fingerprint density at radius 3 is 2.27 bits per heavy atom. The smallest absolute Gasteiger partial charge is 0.407 e. The van der Waals surface area contributed by atoms with E-state index in [-0.39, 0.29) is 36.8 Å². The molecule has 174 valence electrons. The Morgan fingerprint density at radius 1 is 1.03 bits per heavy atom. The van der Waals surface area contributed by atoms with Crippen molar-refractivity contribution in [3.63, 3.8) is 0 Å². The van der Waals surface area contributed by atoms with Gasteiger partial charge in [0, 0.05) is 18.4 Å². The first-order chi connectivity index (χ1) is 16.0. The van der Waals surface area contributed by atoms with Gasteiger partial charge < -0.3 is 20.5 Å². The minimum Gasteiger partial charge on any atom is -0.480 e. The summed E-state index contributed by atoms with van der Waals surface area (Å²) < 4.78 is 5.62. The van der Waals surface area contributed by atoms with E-state index in [4.69, 9.17) is 9.84 Å². The standard InChI is InChI=1S/C26H30N2O5/c1-2-23(25(30)31)28-24(29)14-16-11-12-17(13-16)27-26(32)33-15-22-20-9-5-3-7-18(20)19-8-4-6-10-21(19)22/h3-10,16-17,22-23H,2,11-15H2,1H3,(H,27,32)(H,28,29)(H,30,31)/t16-,17+,23?/m0/s1. The van der Waals surface area contributed by atoms with Gasteiger partial charge in [-0.15, -0.1) is 0 Å². The molecule has 2 aromatic rings. The van der Waals surface area contributed by atoms with Crippen molar-refractivity contribution >= 4 is 18.0 Å². The number of nitrogens with one attached hydrogen (secondary N) is 2. The predicted octanol–water partition coefficient (Wildman–Crippen LogP) is 4.06. The summed E-state index contributed by atoms with van der Waals surface area (Å²) in [6, 6.07) is 15.5. The molecule has 7 heteroatoms. The average Bonchev–Trinajstić information content (AvgIpc) is 3.37. The Bertz CT molecular complexity index is 991. The van der Waals surface area contributed by atoms with Crippen LogP contribution < -0.4 is 10.6 Å². The Hall–Kier alpha value is -3.35. The molecule has 0 bridgehead atoms. The molecular weight excluding hydrogens is 420 g/mol. The van der Waals surface area contributed by atoms with Gasteiger partial charge in [0.25, 0.3) is 0 Å². The highest BCUT2D eigenvalue weighted by Gasteiger charge is 2.31. The van der Waals surface area contributed by atoms with E-state index >= 15 is 0 Å². The molecule has 3 N–H and O–H groups in total. The summed E-state index contributed by atoms with van der Waals surface area (Å²) in [6.45, 7) is 2.00. The molecule has 2 aliphatic rings. The summed E-state index contributed by atoms with van der Waals surface area (Å²) >= 11 is 0. The number of alkyl carbamates (subject to hydrolysis) is 1. The lowest BCUT2D eigenvalue weighted by Gasteiger charge is -2.17. The normalized spacial score (nSPS) is 19.9. The molecule has 0 aliphatic heterocycles.